The first-order valence-electron chi connectivity index (χ1n) is 6.96. The van der Waals surface area contributed by atoms with Crippen LogP contribution >= 0.6 is 11.6 Å². The second-order valence-electron chi connectivity index (χ2n) is 5.05. The molecule has 19 heavy (non-hydrogen) atoms. The first kappa shape index (κ1) is 14.2. The molecule has 102 valence electrons. The van der Waals surface area contributed by atoms with Crippen LogP contribution in [0.25, 0.3) is 0 Å². The van der Waals surface area contributed by atoms with E-state index >= 15 is 0 Å². The molecule has 0 aromatic heterocycles. The van der Waals surface area contributed by atoms with Crippen LogP contribution in [0.1, 0.15) is 25.7 Å². The fourth-order valence-corrected chi connectivity index (χ4v) is 2.69. The van der Waals surface area contributed by atoms with Gasteiger partial charge in [-0.2, -0.15) is 0 Å². The lowest BCUT2D eigenvalue weighted by Crippen LogP contribution is -2.39. The van der Waals surface area contributed by atoms with Gasteiger partial charge in [-0.25, -0.2) is 0 Å². The number of nitrogens with one attached hydrogen (secondary N) is 1. The number of halogens is 1. The first-order chi connectivity index (χ1) is 9.29. The predicted molar refractivity (Wildman–Crippen MR) is 82.6 cm³/mol. The summed E-state index contributed by atoms with van der Waals surface area (Å²) in [5.41, 5.74) is 1.05. The molecule has 1 saturated heterocycles. The number of hydrogen-bond donors (Lipinski definition) is 1. The van der Waals surface area contributed by atoms with Crippen LogP contribution in [0, 0.1) is 12.3 Å². The van der Waals surface area contributed by atoms with E-state index in [9.17, 15) is 0 Å². The fraction of sp³-hybridized carbons (Fsp3) is 0.500. The number of unbranched alkanes of at least 4 members (excludes halogenated alkanes) is 1. The number of hydrogen-bond acceptors (Lipinski definition) is 2. The molecule has 1 aliphatic rings. The normalized spacial score (nSPS) is 17.1. The second-order valence-corrected chi connectivity index (χ2v) is 5.45. The Morgan fingerprint density at radius 3 is 2.74 bits per heavy atom. The lowest BCUT2D eigenvalue weighted by atomic mass is 10.0. The van der Waals surface area contributed by atoms with Crippen LogP contribution in [0.2, 0.25) is 5.02 Å². The molecule has 0 unspecified atom stereocenters. The summed E-state index contributed by atoms with van der Waals surface area (Å²) in [6.45, 7) is 3.42. The summed E-state index contributed by atoms with van der Waals surface area (Å²) < 4.78 is 0. The number of terminal acetylenes is 1. The van der Waals surface area contributed by atoms with Gasteiger partial charge in [0.1, 0.15) is 0 Å². The van der Waals surface area contributed by atoms with Crippen molar-refractivity contribution in [3.05, 3.63) is 29.3 Å². The topological polar surface area (TPSA) is 15.3 Å². The van der Waals surface area contributed by atoms with E-state index in [2.05, 4.69) is 16.1 Å². The Labute approximate surface area is 121 Å². The molecule has 1 N–H and O–H groups in total. The molecule has 0 spiro atoms. The smallest absolute Gasteiger partial charge is 0.0637 e. The van der Waals surface area contributed by atoms with Crippen LogP contribution in [0.4, 0.5) is 5.69 Å². The Hall–Kier alpha value is -1.17. The molecule has 0 atom stereocenters. The number of piperidine rings is 1. The number of nitrogens with zero attached hydrogens (tertiary/aromatic N) is 1. The van der Waals surface area contributed by atoms with Gasteiger partial charge in [0.05, 0.1) is 10.7 Å². The molecule has 2 nitrogen and oxygen atoms in total. The molecular formula is C16H21ClN2. The third kappa shape index (κ3) is 4.45. The number of benzene rings is 1. The summed E-state index contributed by atoms with van der Waals surface area (Å²) in [4.78, 5) is 2.50. The van der Waals surface area contributed by atoms with E-state index < -0.39 is 0 Å². The summed E-state index contributed by atoms with van der Waals surface area (Å²) in [6.07, 6.45) is 9.61. The second kappa shape index (κ2) is 7.43. The molecule has 0 aliphatic carbocycles. The standard InChI is InChI=1S/C16H21ClN2/c1-2-3-6-11-19-12-9-14(10-13-19)18-16-8-5-4-7-15(16)17/h1,4-5,7-8,14,18H,3,6,9-13H2. The van der Waals surface area contributed by atoms with Crippen LogP contribution < -0.4 is 5.32 Å². The Morgan fingerprint density at radius 2 is 2.05 bits per heavy atom. The van der Waals surface area contributed by atoms with E-state index in [1.54, 1.807) is 0 Å². The molecular weight excluding hydrogens is 256 g/mol. The van der Waals surface area contributed by atoms with Gasteiger partial charge >= 0.3 is 0 Å². The Kier molecular flexibility index (Phi) is 5.57. The summed E-state index contributed by atoms with van der Waals surface area (Å²) in [7, 11) is 0. The fourth-order valence-electron chi connectivity index (χ4n) is 2.50. The molecule has 0 amide bonds. The SMILES string of the molecule is C#CCCCN1CCC(Nc2ccccc2Cl)CC1. The van der Waals surface area contributed by atoms with Crippen molar-refractivity contribution in [2.75, 3.05) is 25.0 Å². The van der Waals surface area contributed by atoms with Crippen molar-refractivity contribution in [1.29, 1.82) is 0 Å². The Balaban J connectivity index is 1.75. The van der Waals surface area contributed by atoms with Crippen LogP contribution in [0.15, 0.2) is 24.3 Å². The summed E-state index contributed by atoms with van der Waals surface area (Å²) in [5, 5.41) is 4.35. The van der Waals surface area contributed by atoms with Crippen LogP contribution in [-0.4, -0.2) is 30.6 Å². The van der Waals surface area contributed by atoms with E-state index in [-0.39, 0.29) is 0 Å². The van der Waals surface area contributed by atoms with E-state index in [0.717, 1.165) is 43.2 Å². The van der Waals surface area contributed by atoms with Gasteiger partial charge in [-0.3, -0.25) is 0 Å². The zero-order valence-corrected chi connectivity index (χ0v) is 12.0. The van der Waals surface area contributed by atoms with Crippen molar-refractivity contribution in [3.63, 3.8) is 0 Å². The third-order valence-electron chi connectivity index (χ3n) is 3.62. The van der Waals surface area contributed by atoms with Crippen molar-refractivity contribution in [1.82, 2.24) is 4.90 Å². The van der Waals surface area contributed by atoms with Gasteiger partial charge in [0.15, 0.2) is 0 Å². The maximum atomic E-state index is 6.16. The quantitative estimate of drug-likeness (QED) is 0.653. The minimum atomic E-state index is 0.531. The first-order valence-corrected chi connectivity index (χ1v) is 7.34. The van der Waals surface area contributed by atoms with Gasteiger partial charge in [-0.1, -0.05) is 23.7 Å². The number of likely N-dealkylation sites (tertiary alicyclic amines) is 1. The number of rotatable bonds is 5. The zero-order chi connectivity index (χ0) is 13.5. The summed E-state index contributed by atoms with van der Waals surface area (Å²) >= 11 is 6.16. The summed E-state index contributed by atoms with van der Waals surface area (Å²) in [5.74, 6) is 2.70. The molecule has 2 rings (SSSR count). The Morgan fingerprint density at radius 1 is 1.32 bits per heavy atom. The van der Waals surface area contributed by atoms with Crippen molar-refractivity contribution in [2.24, 2.45) is 0 Å². The van der Waals surface area contributed by atoms with E-state index in [1.165, 1.54) is 12.8 Å². The third-order valence-corrected chi connectivity index (χ3v) is 3.95. The van der Waals surface area contributed by atoms with E-state index in [0.29, 0.717) is 6.04 Å². The highest BCUT2D eigenvalue weighted by atomic mass is 35.5. The van der Waals surface area contributed by atoms with Gasteiger partial charge in [0, 0.05) is 25.6 Å². The highest BCUT2D eigenvalue weighted by Crippen LogP contribution is 2.24. The minimum Gasteiger partial charge on any atom is -0.381 e. The van der Waals surface area contributed by atoms with Crippen molar-refractivity contribution in [3.8, 4) is 12.3 Å². The maximum absolute atomic E-state index is 6.16. The minimum absolute atomic E-state index is 0.531. The molecule has 1 aromatic rings. The van der Waals surface area contributed by atoms with Gasteiger partial charge in [-0.15, -0.1) is 12.3 Å². The number of anilines is 1. The van der Waals surface area contributed by atoms with E-state index in [1.807, 2.05) is 24.3 Å². The van der Waals surface area contributed by atoms with Gasteiger partial charge < -0.3 is 10.2 Å². The highest BCUT2D eigenvalue weighted by Gasteiger charge is 2.18. The Bertz CT molecular complexity index is 431. The molecule has 1 aliphatic heterocycles. The molecule has 1 fully saturated rings. The highest BCUT2D eigenvalue weighted by molar-refractivity contribution is 6.33. The molecule has 3 heteroatoms. The van der Waals surface area contributed by atoms with Crippen molar-refractivity contribution >= 4 is 17.3 Å². The van der Waals surface area contributed by atoms with Crippen LogP contribution in [-0.2, 0) is 0 Å². The largest absolute Gasteiger partial charge is 0.381 e. The van der Waals surface area contributed by atoms with E-state index in [4.69, 9.17) is 18.0 Å². The molecule has 0 radical (unpaired) electrons. The number of para-hydroxylation sites is 1. The van der Waals surface area contributed by atoms with Gasteiger partial charge in [-0.05, 0) is 37.9 Å². The monoisotopic (exact) mass is 276 g/mol. The van der Waals surface area contributed by atoms with Gasteiger partial charge in [0.2, 0.25) is 0 Å². The lowest BCUT2D eigenvalue weighted by molar-refractivity contribution is 0.217. The zero-order valence-electron chi connectivity index (χ0n) is 11.2. The van der Waals surface area contributed by atoms with Crippen LogP contribution in [0.5, 0.6) is 0 Å². The van der Waals surface area contributed by atoms with Crippen molar-refractivity contribution in [2.45, 2.75) is 31.7 Å². The lowest BCUT2D eigenvalue weighted by Gasteiger charge is -2.32. The maximum Gasteiger partial charge on any atom is 0.0637 e. The van der Waals surface area contributed by atoms with Crippen LogP contribution in [0.3, 0.4) is 0 Å². The molecule has 0 bridgehead atoms. The predicted octanol–water partition coefficient (Wildman–Crippen LogP) is 3.63. The summed E-state index contributed by atoms with van der Waals surface area (Å²) in [6, 6.07) is 8.48. The average Bonchev–Trinajstić information content (AvgIpc) is 2.44. The average molecular weight is 277 g/mol. The molecule has 1 aromatic carbocycles. The van der Waals surface area contributed by atoms with Gasteiger partial charge in [0.25, 0.3) is 0 Å². The van der Waals surface area contributed by atoms with Crippen molar-refractivity contribution < 1.29 is 0 Å². The molecule has 1 heterocycles. The molecule has 0 saturated carbocycles.